The number of aliphatic hydroxyl groups excluding tert-OH is 1. The fourth-order valence-electron chi connectivity index (χ4n) is 1.40. The standard InChI is InChI=1S/C11H13N3OS3/c15-8-17-10-13-14(11(16)18-10)7-12-6-9-4-2-1-3-5-9/h1-5,12,15H,6-8H2. The lowest BCUT2D eigenvalue weighted by atomic mass is 10.2. The van der Waals surface area contributed by atoms with E-state index in [2.05, 4.69) is 22.5 Å². The molecule has 0 aliphatic carbocycles. The summed E-state index contributed by atoms with van der Waals surface area (Å²) >= 11 is 7.90. The quantitative estimate of drug-likeness (QED) is 0.487. The summed E-state index contributed by atoms with van der Waals surface area (Å²) in [5.74, 6) is 0.0275. The molecule has 1 aromatic carbocycles. The number of nitrogens with zero attached hydrogens (tertiary/aromatic N) is 2. The van der Waals surface area contributed by atoms with Gasteiger partial charge in [0.05, 0.1) is 12.6 Å². The molecule has 0 fully saturated rings. The molecular formula is C11H13N3OS3. The third kappa shape index (κ3) is 3.89. The first-order chi connectivity index (χ1) is 8.79. The molecule has 4 nitrogen and oxygen atoms in total. The van der Waals surface area contributed by atoms with Crippen LogP contribution in [0.15, 0.2) is 34.7 Å². The molecule has 2 rings (SSSR count). The molecule has 7 heteroatoms. The Morgan fingerprint density at radius 1 is 1.39 bits per heavy atom. The number of benzene rings is 1. The van der Waals surface area contributed by atoms with Gasteiger partial charge in [-0.25, -0.2) is 4.68 Å². The zero-order valence-corrected chi connectivity index (χ0v) is 12.0. The van der Waals surface area contributed by atoms with E-state index < -0.39 is 0 Å². The second kappa shape index (κ2) is 7.01. The van der Waals surface area contributed by atoms with Crippen molar-refractivity contribution >= 4 is 35.3 Å². The van der Waals surface area contributed by atoms with Gasteiger partial charge < -0.3 is 5.11 Å². The normalized spacial score (nSPS) is 10.7. The Morgan fingerprint density at radius 3 is 2.89 bits per heavy atom. The summed E-state index contributed by atoms with van der Waals surface area (Å²) in [5.41, 5.74) is 1.23. The monoisotopic (exact) mass is 299 g/mol. The summed E-state index contributed by atoms with van der Waals surface area (Å²) in [6.07, 6.45) is 0. The van der Waals surface area contributed by atoms with Crippen LogP contribution in [0.25, 0.3) is 0 Å². The number of rotatable bonds is 6. The van der Waals surface area contributed by atoms with Crippen LogP contribution in [-0.4, -0.2) is 20.8 Å². The van der Waals surface area contributed by atoms with Gasteiger partial charge >= 0.3 is 0 Å². The summed E-state index contributed by atoms with van der Waals surface area (Å²) in [7, 11) is 0. The topological polar surface area (TPSA) is 50.1 Å². The van der Waals surface area contributed by atoms with Crippen LogP contribution in [0.1, 0.15) is 5.56 Å². The highest BCUT2D eigenvalue weighted by Gasteiger charge is 2.03. The Labute approximate surface area is 119 Å². The van der Waals surface area contributed by atoms with Crippen LogP contribution in [-0.2, 0) is 13.2 Å². The summed E-state index contributed by atoms with van der Waals surface area (Å²) in [4.78, 5) is 0. The van der Waals surface area contributed by atoms with Crippen molar-refractivity contribution in [2.24, 2.45) is 0 Å². The predicted octanol–water partition coefficient (Wildman–Crippen LogP) is 2.46. The first-order valence-corrected chi connectivity index (χ1v) is 7.57. The molecule has 18 heavy (non-hydrogen) atoms. The van der Waals surface area contributed by atoms with E-state index >= 15 is 0 Å². The molecule has 0 saturated carbocycles. The number of hydrogen-bond acceptors (Lipinski definition) is 6. The highest BCUT2D eigenvalue weighted by molar-refractivity contribution is 8.00. The number of thioether (sulfide) groups is 1. The van der Waals surface area contributed by atoms with Crippen molar-refractivity contribution in [1.82, 2.24) is 15.1 Å². The molecule has 0 spiro atoms. The minimum Gasteiger partial charge on any atom is -0.385 e. The van der Waals surface area contributed by atoms with Gasteiger partial charge in [0.1, 0.15) is 0 Å². The van der Waals surface area contributed by atoms with Crippen molar-refractivity contribution in [2.45, 2.75) is 17.6 Å². The first kappa shape index (κ1) is 13.7. The molecule has 0 aliphatic rings. The van der Waals surface area contributed by atoms with Crippen LogP contribution >= 0.6 is 35.3 Å². The summed E-state index contributed by atoms with van der Waals surface area (Å²) < 4.78 is 3.25. The van der Waals surface area contributed by atoms with Gasteiger partial charge in [0.25, 0.3) is 0 Å². The molecular weight excluding hydrogens is 286 g/mol. The predicted molar refractivity (Wildman–Crippen MR) is 77.2 cm³/mol. The van der Waals surface area contributed by atoms with Gasteiger partial charge in [-0.3, -0.25) is 5.32 Å². The van der Waals surface area contributed by atoms with Crippen LogP contribution in [0.3, 0.4) is 0 Å². The fraction of sp³-hybridized carbons (Fsp3) is 0.273. The minimum absolute atomic E-state index is 0.0275. The van der Waals surface area contributed by atoms with Gasteiger partial charge in [0.15, 0.2) is 8.29 Å². The van der Waals surface area contributed by atoms with E-state index in [1.807, 2.05) is 18.2 Å². The summed E-state index contributed by atoms with van der Waals surface area (Å²) in [6.45, 7) is 1.36. The second-order valence-electron chi connectivity index (χ2n) is 3.48. The highest BCUT2D eigenvalue weighted by atomic mass is 32.2. The van der Waals surface area contributed by atoms with Crippen LogP contribution in [0.5, 0.6) is 0 Å². The van der Waals surface area contributed by atoms with E-state index in [-0.39, 0.29) is 5.94 Å². The smallest absolute Gasteiger partial charge is 0.181 e. The number of hydrogen-bond donors (Lipinski definition) is 2. The highest BCUT2D eigenvalue weighted by Crippen LogP contribution is 2.20. The van der Waals surface area contributed by atoms with E-state index in [0.717, 1.165) is 10.9 Å². The first-order valence-electron chi connectivity index (χ1n) is 5.36. The maximum absolute atomic E-state index is 8.82. The van der Waals surface area contributed by atoms with Crippen LogP contribution in [0.4, 0.5) is 0 Å². The molecule has 1 heterocycles. The minimum atomic E-state index is 0.0275. The Hall–Kier alpha value is -0.730. The van der Waals surface area contributed by atoms with Crippen molar-refractivity contribution < 1.29 is 5.11 Å². The molecule has 0 saturated heterocycles. The zero-order valence-electron chi connectivity index (χ0n) is 9.57. The van der Waals surface area contributed by atoms with Crippen LogP contribution < -0.4 is 5.32 Å². The molecule has 1 aromatic heterocycles. The van der Waals surface area contributed by atoms with Gasteiger partial charge in [-0.05, 0) is 17.8 Å². The van der Waals surface area contributed by atoms with Gasteiger partial charge in [-0.2, -0.15) is 5.10 Å². The lowest BCUT2D eigenvalue weighted by Gasteiger charge is -2.04. The molecule has 96 valence electrons. The van der Waals surface area contributed by atoms with Gasteiger partial charge in [-0.15, -0.1) is 0 Å². The Kier molecular flexibility index (Phi) is 5.33. The number of aromatic nitrogens is 2. The van der Waals surface area contributed by atoms with Crippen LogP contribution in [0.2, 0.25) is 0 Å². The van der Waals surface area contributed by atoms with Crippen molar-refractivity contribution in [1.29, 1.82) is 0 Å². The van der Waals surface area contributed by atoms with E-state index in [0.29, 0.717) is 10.6 Å². The Morgan fingerprint density at radius 2 is 2.17 bits per heavy atom. The lowest BCUT2D eigenvalue weighted by Crippen LogP contribution is -2.18. The van der Waals surface area contributed by atoms with Crippen molar-refractivity contribution in [3.8, 4) is 0 Å². The average molecular weight is 299 g/mol. The fourth-order valence-corrected chi connectivity index (χ4v) is 3.30. The molecule has 0 amide bonds. The maximum Gasteiger partial charge on any atom is 0.181 e. The van der Waals surface area contributed by atoms with Crippen molar-refractivity contribution in [3.05, 3.63) is 39.8 Å². The number of aliphatic hydroxyl groups is 1. The molecule has 0 radical (unpaired) electrons. The van der Waals surface area contributed by atoms with Crippen LogP contribution in [0, 0.1) is 3.95 Å². The molecule has 0 unspecified atom stereocenters. The van der Waals surface area contributed by atoms with Crippen molar-refractivity contribution in [2.75, 3.05) is 5.94 Å². The van der Waals surface area contributed by atoms with Crippen molar-refractivity contribution in [3.63, 3.8) is 0 Å². The largest absolute Gasteiger partial charge is 0.385 e. The lowest BCUT2D eigenvalue weighted by molar-refractivity contribution is 0.375. The summed E-state index contributed by atoms with van der Waals surface area (Å²) in [6, 6.07) is 10.2. The second-order valence-corrected chi connectivity index (χ2v) is 6.29. The third-order valence-corrected chi connectivity index (χ3v) is 4.37. The van der Waals surface area contributed by atoms with Gasteiger partial charge in [-0.1, -0.05) is 53.4 Å². The molecule has 0 atom stereocenters. The number of nitrogens with one attached hydrogen (secondary N) is 1. The van der Waals surface area contributed by atoms with E-state index in [1.54, 1.807) is 4.68 Å². The SMILES string of the molecule is OCSc1nn(CNCc2ccccc2)c(=S)s1. The van der Waals surface area contributed by atoms with Gasteiger partial charge in [0, 0.05) is 6.54 Å². The van der Waals surface area contributed by atoms with E-state index in [4.69, 9.17) is 17.3 Å². The van der Waals surface area contributed by atoms with E-state index in [9.17, 15) is 0 Å². The molecule has 0 bridgehead atoms. The van der Waals surface area contributed by atoms with E-state index in [1.165, 1.54) is 28.7 Å². The average Bonchev–Trinajstić information content (AvgIpc) is 2.72. The molecule has 0 aliphatic heterocycles. The third-order valence-electron chi connectivity index (χ3n) is 2.21. The summed E-state index contributed by atoms with van der Waals surface area (Å²) in [5, 5.41) is 16.4. The Balaban J connectivity index is 1.88. The Bertz CT molecular complexity index is 538. The zero-order chi connectivity index (χ0) is 12.8. The maximum atomic E-state index is 8.82. The van der Waals surface area contributed by atoms with Gasteiger partial charge in [0.2, 0.25) is 0 Å². The molecule has 2 N–H and O–H groups in total. The molecule has 2 aromatic rings.